The zero-order chi connectivity index (χ0) is 9.84. The Labute approximate surface area is 79.0 Å². The van der Waals surface area contributed by atoms with Gasteiger partial charge in [-0.05, 0) is 13.3 Å². The Balaban J connectivity index is 2.91. The summed E-state index contributed by atoms with van der Waals surface area (Å²) >= 11 is 0. The van der Waals surface area contributed by atoms with E-state index in [0.29, 0.717) is 24.2 Å². The van der Waals surface area contributed by atoms with Crippen LogP contribution in [0.3, 0.4) is 0 Å². The molecular formula is C11H16O2. The fourth-order valence-electron chi connectivity index (χ4n) is 1.75. The van der Waals surface area contributed by atoms with Crippen LogP contribution >= 0.6 is 0 Å². The molecule has 0 aliphatic heterocycles. The van der Waals surface area contributed by atoms with Gasteiger partial charge in [0, 0.05) is 24.3 Å². The summed E-state index contributed by atoms with van der Waals surface area (Å²) in [6.07, 6.45) is 5.88. The summed E-state index contributed by atoms with van der Waals surface area (Å²) < 4.78 is 0. The summed E-state index contributed by atoms with van der Waals surface area (Å²) in [4.78, 5) is 11.5. The van der Waals surface area contributed by atoms with Crippen molar-refractivity contribution in [1.82, 2.24) is 0 Å². The number of Topliss-reactive ketones (excluding diaryl/α,β-unsaturated/α-hetero) is 1. The van der Waals surface area contributed by atoms with Crippen LogP contribution in [0.2, 0.25) is 0 Å². The van der Waals surface area contributed by atoms with Gasteiger partial charge in [0.05, 0.1) is 5.76 Å². The fourth-order valence-corrected chi connectivity index (χ4v) is 1.75. The van der Waals surface area contributed by atoms with Crippen molar-refractivity contribution in [2.45, 2.75) is 33.1 Å². The van der Waals surface area contributed by atoms with Gasteiger partial charge >= 0.3 is 0 Å². The molecule has 0 bridgehead atoms. The molecule has 1 unspecified atom stereocenters. The normalized spacial score (nSPS) is 21.2. The van der Waals surface area contributed by atoms with E-state index < -0.39 is 0 Å². The molecule has 1 atom stereocenters. The Morgan fingerprint density at radius 3 is 2.69 bits per heavy atom. The first kappa shape index (κ1) is 10.0. The Hall–Kier alpha value is -1.05. The van der Waals surface area contributed by atoms with Crippen molar-refractivity contribution in [2.24, 2.45) is 5.92 Å². The number of carbonyl (C=O) groups is 1. The quantitative estimate of drug-likeness (QED) is 0.663. The molecule has 0 aromatic rings. The van der Waals surface area contributed by atoms with E-state index in [2.05, 4.69) is 0 Å². The molecule has 0 heterocycles. The number of allylic oxidation sites excluding steroid dienone is 4. The molecule has 0 radical (unpaired) electrons. The van der Waals surface area contributed by atoms with E-state index in [4.69, 9.17) is 0 Å². The number of carbonyl (C=O) groups excluding carboxylic acids is 1. The van der Waals surface area contributed by atoms with E-state index in [9.17, 15) is 9.90 Å². The molecule has 0 fully saturated rings. The minimum Gasteiger partial charge on any atom is -0.512 e. The van der Waals surface area contributed by atoms with Crippen LogP contribution in [0.5, 0.6) is 0 Å². The predicted octanol–water partition coefficient (Wildman–Crippen LogP) is 2.76. The lowest BCUT2D eigenvalue weighted by Gasteiger charge is -2.18. The zero-order valence-electron chi connectivity index (χ0n) is 8.21. The molecular weight excluding hydrogens is 164 g/mol. The summed E-state index contributed by atoms with van der Waals surface area (Å²) in [7, 11) is 0. The Morgan fingerprint density at radius 1 is 1.46 bits per heavy atom. The van der Waals surface area contributed by atoms with E-state index in [-0.39, 0.29) is 11.7 Å². The first-order valence-electron chi connectivity index (χ1n) is 4.74. The average Bonchev–Trinajstić information content (AvgIpc) is 2.04. The van der Waals surface area contributed by atoms with Crippen molar-refractivity contribution in [3.05, 3.63) is 23.5 Å². The molecule has 1 N–H and O–H groups in total. The highest BCUT2D eigenvalue weighted by Gasteiger charge is 2.23. The predicted molar refractivity (Wildman–Crippen MR) is 52.5 cm³/mol. The standard InChI is InChI=1S/C11H16O2/c1-3-5-8(2)11-9(12)6-4-7-10(11)13/h3,5,8,12H,4,6-7H2,1-2H3/b5-3+. The zero-order valence-corrected chi connectivity index (χ0v) is 8.21. The average molecular weight is 180 g/mol. The summed E-state index contributed by atoms with van der Waals surface area (Å²) in [5.74, 6) is 0.453. The number of hydrogen-bond donors (Lipinski definition) is 1. The Morgan fingerprint density at radius 2 is 2.15 bits per heavy atom. The van der Waals surface area contributed by atoms with E-state index >= 15 is 0 Å². The molecule has 0 amide bonds. The lowest BCUT2D eigenvalue weighted by atomic mass is 9.87. The first-order chi connectivity index (χ1) is 6.16. The van der Waals surface area contributed by atoms with Gasteiger partial charge in [0.2, 0.25) is 0 Å². The molecule has 1 aliphatic rings. The highest BCUT2D eigenvalue weighted by molar-refractivity contribution is 5.97. The second-order valence-corrected chi connectivity index (χ2v) is 3.45. The topological polar surface area (TPSA) is 37.3 Å². The lowest BCUT2D eigenvalue weighted by molar-refractivity contribution is -0.116. The molecule has 0 saturated heterocycles. The Bertz CT molecular complexity index is 261. The smallest absolute Gasteiger partial charge is 0.162 e. The number of hydrogen-bond acceptors (Lipinski definition) is 2. The molecule has 2 nitrogen and oxygen atoms in total. The van der Waals surface area contributed by atoms with Gasteiger partial charge in [0.1, 0.15) is 0 Å². The third-order valence-electron chi connectivity index (χ3n) is 2.37. The van der Waals surface area contributed by atoms with Crippen LogP contribution in [0.1, 0.15) is 33.1 Å². The maximum atomic E-state index is 11.5. The maximum absolute atomic E-state index is 11.5. The third kappa shape index (κ3) is 2.20. The number of aliphatic hydroxyl groups is 1. The molecule has 72 valence electrons. The molecule has 13 heavy (non-hydrogen) atoms. The summed E-state index contributed by atoms with van der Waals surface area (Å²) in [6.45, 7) is 3.86. The largest absolute Gasteiger partial charge is 0.512 e. The van der Waals surface area contributed by atoms with Crippen LogP contribution in [0, 0.1) is 5.92 Å². The molecule has 1 aliphatic carbocycles. The SMILES string of the molecule is C/C=C/C(C)C1=C(O)CCCC1=O. The number of rotatable bonds is 2. The first-order valence-corrected chi connectivity index (χ1v) is 4.74. The summed E-state index contributed by atoms with van der Waals surface area (Å²) in [5, 5.41) is 9.56. The van der Waals surface area contributed by atoms with Gasteiger partial charge in [-0.2, -0.15) is 0 Å². The van der Waals surface area contributed by atoms with Gasteiger partial charge in [-0.15, -0.1) is 0 Å². The molecule has 0 aromatic carbocycles. The third-order valence-corrected chi connectivity index (χ3v) is 2.37. The van der Waals surface area contributed by atoms with Crippen molar-refractivity contribution >= 4 is 5.78 Å². The van der Waals surface area contributed by atoms with Gasteiger partial charge < -0.3 is 5.11 Å². The second kappa shape index (κ2) is 4.26. The lowest BCUT2D eigenvalue weighted by Crippen LogP contribution is -2.16. The monoisotopic (exact) mass is 180 g/mol. The Kier molecular flexibility index (Phi) is 3.29. The molecule has 0 saturated carbocycles. The highest BCUT2D eigenvalue weighted by Crippen LogP contribution is 2.26. The molecule has 0 aromatic heterocycles. The van der Waals surface area contributed by atoms with Crippen LogP contribution in [0.15, 0.2) is 23.5 Å². The van der Waals surface area contributed by atoms with E-state index in [0.717, 1.165) is 6.42 Å². The van der Waals surface area contributed by atoms with Crippen molar-refractivity contribution < 1.29 is 9.90 Å². The van der Waals surface area contributed by atoms with E-state index in [1.165, 1.54) is 0 Å². The molecule has 0 spiro atoms. The van der Waals surface area contributed by atoms with E-state index in [1.807, 2.05) is 26.0 Å². The van der Waals surface area contributed by atoms with Crippen LogP contribution in [-0.4, -0.2) is 10.9 Å². The minimum atomic E-state index is 0.0535. The minimum absolute atomic E-state index is 0.0535. The summed E-state index contributed by atoms with van der Waals surface area (Å²) in [6, 6.07) is 0. The van der Waals surface area contributed by atoms with Crippen LogP contribution in [-0.2, 0) is 4.79 Å². The summed E-state index contributed by atoms with van der Waals surface area (Å²) in [5.41, 5.74) is 0.615. The fraction of sp³-hybridized carbons (Fsp3) is 0.545. The van der Waals surface area contributed by atoms with Crippen LogP contribution < -0.4 is 0 Å². The van der Waals surface area contributed by atoms with Crippen molar-refractivity contribution in [3.63, 3.8) is 0 Å². The van der Waals surface area contributed by atoms with Gasteiger partial charge in [-0.3, -0.25) is 4.79 Å². The van der Waals surface area contributed by atoms with Gasteiger partial charge in [-0.1, -0.05) is 19.1 Å². The van der Waals surface area contributed by atoms with Crippen LogP contribution in [0.25, 0.3) is 0 Å². The highest BCUT2D eigenvalue weighted by atomic mass is 16.3. The van der Waals surface area contributed by atoms with Crippen LogP contribution in [0.4, 0.5) is 0 Å². The maximum Gasteiger partial charge on any atom is 0.162 e. The molecule has 2 heteroatoms. The second-order valence-electron chi connectivity index (χ2n) is 3.45. The van der Waals surface area contributed by atoms with Crippen molar-refractivity contribution in [1.29, 1.82) is 0 Å². The van der Waals surface area contributed by atoms with Gasteiger partial charge in [-0.25, -0.2) is 0 Å². The van der Waals surface area contributed by atoms with Gasteiger partial charge in [0.25, 0.3) is 0 Å². The van der Waals surface area contributed by atoms with E-state index in [1.54, 1.807) is 0 Å². The number of ketones is 1. The number of aliphatic hydroxyl groups excluding tert-OH is 1. The molecule has 1 rings (SSSR count). The van der Waals surface area contributed by atoms with Crippen molar-refractivity contribution in [2.75, 3.05) is 0 Å². The van der Waals surface area contributed by atoms with Crippen molar-refractivity contribution in [3.8, 4) is 0 Å². The van der Waals surface area contributed by atoms with Gasteiger partial charge in [0.15, 0.2) is 5.78 Å².